The Bertz CT molecular complexity index is 645. The molecule has 1 aliphatic rings. The second kappa shape index (κ2) is 8.54. The second-order valence-corrected chi connectivity index (χ2v) is 6.23. The molecule has 0 atom stereocenters. The number of esters is 1. The standard InChI is InChI=1S/C17H20N2O4S/c1-3-23-17(22)9-16-19(15(21)12-24-16)11-14(20)18(2)10-13-7-5-4-6-8-13/h4-9H,3,10-12H2,1-2H3. The number of nitrogens with zero attached hydrogens (tertiary/aromatic N) is 2. The van der Waals surface area contributed by atoms with Gasteiger partial charge in [0.15, 0.2) is 0 Å². The molecule has 0 unspecified atom stereocenters. The van der Waals surface area contributed by atoms with Crippen molar-refractivity contribution in [2.45, 2.75) is 13.5 Å². The molecule has 0 spiro atoms. The number of rotatable bonds is 6. The van der Waals surface area contributed by atoms with E-state index in [1.165, 1.54) is 22.7 Å². The van der Waals surface area contributed by atoms with Gasteiger partial charge in [-0.2, -0.15) is 0 Å². The van der Waals surface area contributed by atoms with Gasteiger partial charge in [-0.15, -0.1) is 0 Å². The molecule has 0 aromatic heterocycles. The highest BCUT2D eigenvalue weighted by Gasteiger charge is 2.30. The molecule has 1 heterocycles. The Morgan fingerprint density at radius 1 is 1.33 bits per heavy atom. The first kappa shape index (κ1) is 18.1. The third-order valence-corrected chi connectivity index (χ3v) is 4.45. The number of hydrogen-bond donors (Lipinski definition) is 0. The van der Waals surface area contributed by atoms with Gasteiger partial charge < -0.3 is 9.64 Å². The maximum absolute atomic E-state index is 12.4. The van der Waals surface area contributed by atoms with Gasteiger partial charge in [-0.05, 0) is 12.5 Å². The van der Waals surface area contributed by atoms with E-state index in [0.29, 0.717) is 11.6 Å². The first-order valence-electron chi connectivity index (χ1n) is 7.60. The third kappa shape index (κ3) is 4.86. The van der Waals surface area contributed by atoms with Crippen LogP contribution in [-0.4, -0.2) is 53.5 Å². The predicted molar refractivity (Wildman–Crippen MR) is 91.8 cm³/mol. The summed E-state index contributed by atoms with van der Waals surface area (Å²) in [5, 5.41) is 0.458. The highest BCUT2D eigenvalue weighted by molar-refractivity contribution is 8.04. The van der Waals surface area contributed by atoms with E-state index in [2.05, 4.69) is 0 Å². The number of carbonyl (C=O) groups is 3. The topological polar surface area (TPSA) is 66.9 Å². The highest BCUT2D eigenvalue weighted by Crippen LogP contribution is 2.28. The summed E-state index contributed by atoms with van der Waals surface area (Å²) in [5.74, 6) is -0.660. The lowest BCUT2D eigenvalue weighted by molar-refractivity contribution is -0.138. The predicted octanol–water partition coefficient (Wildman–Crippen LogP) is 1.62. The van der Waals surface area contributed by atoms with Crippen LogP contribution in [0.25, 0.3) is 0 Å². The number of likely N-dealkylation sites (N-methyl/N-ethyl adjacent to an activating group) is 1. The summed E-state index contributed by atoms with van der Waals surface area (Å²) in [5.41, 5.74) is 1.01. The van der Waals surface area contributed by atoms with Crippen LogP contribution >= 0.6 is 11.8 Å². The van der Waals surface area contributed by atoms with Gasteiger partial charge in [0.25, 0.3) is 0 Å². The van der Waals surface area contributed by atoms with Gasteiger partial charge in [0.05, 0.1) is 23.5 Å². The quantitative estimate of drug-likeness (QED) is 0.577. The van der Waals surface area contributed by atoms with E-state index in [1.54, 1.807) is 18.9 Å². The average molecular weight is 348 g/mol. The number of carbonyl (C=O) groups excluding carboxylic acids is 3. The largest absolute Gasteiger partial charge is 0.463 e. The molecule has 1 aromatic carbocycles. The zero-order valence-corrected chi connectivity index (χ0v) is 14.5. The monoisotopic (exact) mass is 348 g/mol. The van der Waals surface area contributed by atoms with Gasteiger partial charge in [-0.25, -0.2) is 4.79 Å². The Morgan fingerprint density at radius 3 is 2.71 bits per heavy atom. The first-order chi connectivity index (χ1) is 11.5. The van der Waals surface area contributed by atoms with E-state index < -0.39 is 5.97 Å². The summed E-state index contributed by atoms with van der Waals surface area (Å²) >= 11 is 1.24. The smallest absolute Gasteiger partial charge is 0.333 e. The zero-order valence-electron chi connectivity index (χ0n) is 13.7. The minimum absolute atomic E-state index is 0.0829. The molecular weight excluding hydrogens is 328 g/mol. The van der Waals surface area contributed by atoms with E-state index >= 15 is 0 Å². The van der Waals surface area contributed by atoms with Gasteiger partial charge in [-0.1, -0.05) is 42.1 Å². The zero-order chi connectivity index (χ0) is 17.5. The van der Waals surface area contributed by atoms with Crippen molar-refractivity contribution in [3.8, 4) is 0 Å². The summed E-state index contributed by atoms with van der Waals surface area (Å²) in [6.45, 7) is 2.36. The molecule has 7 heteroatoms. The molecule has 0 aliphatic carbocycles. The summed E-state index contributed by atoms with van der Waals surface area (Å²) in [6, 6.07) is 9.61. The van der Waals surface area contributed by atoms with Gasteiger partial charge >= 0.3 is 5.97 Å². The van der Waals surface area contributed by atoms with Crippen molar-refractivity contribution >= 4 is 29.5 Å². The Hall–Kier alpha value is -2.28. The van der Waals surface area contributed by atoms with Gasteiger partial charge in [-0.3, -0.25) is 14.5 Å². The molecule has 0 N–H and O–H groups in total. The van der Waals surface area contributed by atoms with Crippen molar-refractivity contribution in [3.05, 3.63) is 47.0 Å². The molecule has 1 saturated heterocycles. The lowest BCUT2D eigenvalue weighted by Crippen LogP contribution is -2.38. The minimum Gasteiger partial charge on any atom is -0.463 e. The SMILES string of the molecule is CCOC(=O)C=C1SCC(=O)N1CC(=O)N(C)Cc1ccccc1. The van der Waals surface area contributed by atoms with Crippen molar-refractivity contribution in [3.63, 3.8) is 0 Å². The first-order valence-corrected chi connectivity index (χ1v) is 8.59. The number of thioether (sulfide) groups is 1. The molecule has 24 heavy (non-hydrogen) atoms. The van der Waals surface area contributed by atoms with Crippen LogP contribution in [0.1, 0.15) is 12.5 Å². The summed E-state index contributed by atoms with van der Waals surface area (Å²) < 4.78 is 4.86. The molecule has 1 aromatic rings. The van der Waals surface area contributed by atoms with E-state index in [4.69, 9.17) is 4.74 Å². The fourth-order valence-corrected chi connectivity index (χ4v) is 3.12. The summed E-state index contributed by atoms with van der Waals surface area (Å²) in [4.78, 5) is 38.8. The van der Waals surface area contributed by atoms with Crippen LogP contribution in [-0.2, 0) is 25.7 Å². The normalized spacial score (nSPS) is 15.7. The molecule has 1 aliphatic heterocycles. The maximum atomic E-state index is 12.4. The lowest BCUT2D eigenvalue weighted by Gasteiger charge is -2.22. The molecule has 2 amide bonds. The van der Waals surface area contributed by atoms with E-state index in [9.17, 15) is 14.4 Å². The van der Waals surface area contributed by atoms with E-state index in [0.717, 1.165) is 5.56 Å². The number of amides is 2. The fraction of sp³-hybridized carbons (Fsp3) is 0.353. The van der Waals surface area contributed by atoms with Crippen molar-refractivity contribution in [2.75, 3.05) is 26.0 Å². The highest BCUT2D eigenvalue weighted by atomic mass is 32.2. The third-order valence-electron chi connectivity index (χ3n) is 3.42. The van der Waals surface area contributed by atoms with Crippen molar-refractivity contribution in [2.24, 2.45) is 0 Å². The Kier molecular flexibility index (Phi) is 6.43. The maximum Gasteiger partial charge on any atom is 0.333 e. The Labute approximate surface area is 145 Å². The van der Waals surface area contributed by atoms with Crippen LogP contribution < -0.4 is 0 Å². The van der Waals surface area contributed by atoms with Gasteiger partial charge in [0.1, 0.15) is 6.54 Å². The van der Waals surface area contributed by atoms with E-state index in [-0.39, 0.29) is 30.7 Å². The lowest BCUT2D eigenvalue weighted by atomic mass is 10.2. The average Bonchev–Trinajstić information content (AvgIpc) is 2.89. The molecule has 2 rings (SSSR count). The van der Waals surface area contributed by atoms with E-state index in [1.807, 2.05) is 30.3 Å². The molecular formula is C17H20N2O4S. The number of hydrogen-bond acceptors (Lipinski definition) is 5. The van der Waals surface area contributed by atoms with Crippen LogP contribution in [0.2, 0.25) is 0 Å². The summed E-state index contributed by atoms with van der Waals surface area (Å²) in [6.07, 6.45) is 1.27. The Morgan fingerprint density at radius 2 is 2.04 bits per heavy atom. The van der Waals surface area contributed by atoms with Crippen LogP contribution in [0.3, 0.4) is 0 Å². The fourth-order valence-electron chi connectivity index (χ4n) is 2.19. The van der Waals surface area contributed by atoms with Gasteiger partial charge in [0, 0.05) is 13.6 Å². The minimum atomic E-state index is -0.509. The number of benzene rings is 1. The van der Waals surface area contributed by atoms with Crippen LogP contribution in [0.5, 0.6) is 0 Å². The second-order valence-electron chi connectivity index (χ2n) is 5.24. The van der Waals surface area contributed by atoms with Crippen molar-refractivity contribution < 1.29 is 19.1 Å². The van der Waals surface area contributed by atoms with Crippen molar-refractivity contribution in [1.29, 1.82) is 0 Å². The molecule has 128 valence electrons. The summed E-state index contributed by atoms with van der Waals surface area (Å²) in [7, 11) is 1.69. The van der Waals surface area contributed by atoms with Crippen molar-refractivity contribution in [1.82, 2.24) is 9.80 Å². The molecule has 0 radical (unpaired) electrons. The number of ether oxygens (including phenoxy) is 1. The molecule has 6 nitrogen and oxygen atoms in total. The van der Waals surface area contributed by atoms with Crippen LogP contribution in [0.4, 0.5) is 0 Å². The van der Waals surface area contributed by atoms with Crippen LogP contribution in [0, 0.1) is 0 Å². The van der Waals surface area contributed by atoms with Gasteiger partial charge in [0.2, 0.25) is 11.8 Å². The molecule has 0 bridgehead atoms. The molecule has 1 fully saturated rings. The van der Waals surface area contributed by atoms with Crippen LogP contribution in [0.15, 0.2) is 41.4 Å². The molecule has 0 saturated carbocycles. The Balaban J connectivity index is 2.00.